The molecular weight excluding hydrogens is 113 g/mol. The molecule has 0 radical (unpaired) electrons. The molecule has 0 fully saturated rings. The van der Waals surface area contributed by atoms with Crippen molar-refractivity contribution in [1.29, 1.82) is 0 Å². The first-order valence-electron chi connectivity index (χ1n) is 2.08. The molecule has 1 nitrogen and oxygen atoms in total. The van der Waals surface area contributed by atoms with E-state index in [-0.39, 0.29) is 51.4 Å². The summed E-state index contributed by atoms with van der Waals surface area (Å²) in [7, 11) is 1.99. The van der Waals surface area contributed by atoms with Gasteiger partial charge in [-0.15, -0.1) is 13.1 Å². The molecule has 38 valence electrons. The second-order valence-corrected chi connectivity index (χ2v) is 1.30. The van der Waals surface area contributed by atoms with E-state index >= 15 is 0 Å². The molecule has 2 heteroatoms. The Bertz CT molecular complexity index is 27.3. The summed E-state index contributed by atoms with van der Waals surface area (Å²) in [6.45, 7) is 8.99. The van der Waals surface area contributed by atoms with Gasteiger partial charge in [-0.25, -0.2) is 0 Å². The van der Waals surface area contributed by atoms with Crippen LogP contribution in [0.1, 0.15) is 0 Å². The molecule has 0 heterocycles. The van der Waals surface area contributed by atoms with Gasteiger partial charge in [0.25, 0.3) is 0 Å². The van der Waals surface area contributed by atoms with Crippen LogP contribution < -0.4 is 51.4 Å². The van der Waals surface area contributed by atoms with E-state index < -0.39 is 0 Å². The summed E-state index contributed by atoms with van der Waals surface area (Å²) in [5.41, 5.74) is 0. The van der Waals surface area contributed by atoms with Gasteiger partial charge in [-0.3, -0.25) is 0 Å². The Kier molecular flexibility index (Phi) is 12.4. The normalized spacial score (nSPS) is 8.57. The molecule has 0 unspecified atom stereocenters. The monoisotopic (exact) mass is 124 g/mol. The molecule has 0 amide bonds. The van der Waals surface area contributed by atoms with Crippen molar-refractivity contribution < 1.29 is 51.4 Å². The van der Waals surface area contributed by atoms with Crippen LogP contribution in [0.4, 0.5) is 0 Å². The van der Waals surface area contributed by atoms with Crippen molar-refractivity contribution in [2.75, 3.05) is 20.1 Å². The number of hydrogen-bond donors (Lipinski definition) is 0. The molecule has 0 N–H and O–H groups in total. The maximum Gasteiger partial charge on any atom is 1.00 e. The molecule has 0 rings (SSSR count). The fraction of sp³-hybridized carbons (Fsp3) is 0.600. The fourth-order valence-corrected chi connectivity index (χ4v) is 0.112. The zero-order valence-corrected chi connectivity index (χ0v) is 8.40. The number of hydrogen-bond acceptors (Lipinski definition) is 1. The van der Waals surface area contributed by atoms with E-state index in [9.17, 15) is 0 Å². The third kappa shape index (κ3) is 7.60. The van der Waals surface area contributed by atoms with Crippen LogP contribution in [-0.4, -0.2) is 25.0 Å². The molecule has 0 aromatic heterocycles. The van der Waals surface area contributed by atoms with Gasteiger partial charge in [-0.05, 0) is 7.05 Å². The third-order valence-corrected chi connectivity index (χ3v) is 0.763. The van der Waals surface area contributed by atoms with Crippen molar-refractivity contribution in [3.63, 3.8) is 0 Å². The Hall–Kier alpha value is 1.60. The smallest absolute Gasteiger partial charge is 0.365 e. The van der Waals surface area contributed by atoms with E-state index in [0.717, 1.165) is 13.1 Å². The van der Waals surface area contributed by atoms with Crippen LogP contribution in [0.3, 0.4) is 0 Å². The Morgan fingerprint density at radius 3 is 1.57 bits per heavy atom. The van der Waals surface area contributed by atoms with E-state index in [1.54, 1.807) is 0 Å². The van der Waals surface area contributed by atoms with Crippen molar-refractivity contribution in [3.05, 3.63) is 13.8 Å². The van der Waals surface area contributed by atoms with Gasteiger partial charge < -0.3 is 18.7 Å². The van der Waals surface area contributed by atoms with E-state index in [2.05, 4.69) is 13.8 Å². The van der Waals surface area contributed by atoms with Crippen LogP contribution in [-0.2, 0) is 0 Å². The van der Waals surface area contributed by atoms with Gasteiger partial charge in [-0.1, -0.05) is 0 Å². The van der Waals surface area contributed by atoms with Crippen LogP contribution in [0.5, 0.6) is 0 Å². The topological polar surface area (TPSA) is 3.24 Å². The van der Waals surface area contributed by atoms with Crippen molar-refractivity contribution in [3.8, 4) is 0 Å². The largest absolute Gasteiger partial charge is 1.00 e. The van der Waals surface area contributed by atoms with Gasteiger partial charge in [0.2, 0.25) is 0 Å². The van der Waals surface area contributed by atoms with Gasteiger partial charge in [-0.2, -0.15) is 0 Å². The quantitative estimate of drug-likeness (QED) is 0.293. The predicted molar refractivity (Wildman–Crippen MR) is 28.2 cm³/mol. The second-order valence-electron chi connectivity index (χ2n) is 1.30. The molecule has 0 aliphatic carbocycles. The summed E-state index contributed by atoms with van der Waals surface area (Å²) in [6.07, 6.45) is 0. The first-order valence-corrected chi connectivity index (χ1v) is 2.08. The van der Waals surface area contributed by atoms with E-state index in [0.29, 0.717) is 0 Å². The van der Waals surface area contributed by atoms with E-state index in [1.807, 2.05) is 11.9 Å². The Labute approximate surface area is 88.9 Å². The average molecular weight is 124 g/mol. The van der Waals surface area contributed by atoms with E-state index in [1.165, 1.54) is 0 Å². The minimum atomic E-state index is 0. The van der Waals surface area contributed by atoms with Gasteiger partial charge in [0.15, 0.2) is 0 Å². The fourth-order valence-electron chi connectivity index (χ4n) is 0.112. The molecule has 0 aliphatic rings. The van der Waals surface area contributed by atoms with Crippen molar-refractivity contribution >= 4 is 0 Å². The molecule has 0 aromatic rings. The van der Waals surface area contributed by atoms with Gasteiger partial charge in [0.1, 0.15) is 0 Å². The molecule has 0 aliphatic heterocycles. The van der Waals surface area contributed by atoms with Crippen LogP contribution >= 0.6 is 0 Å². The van der Waals surface area contributed by atoms with Crippen LogP contribution in [0, 0.1) is 13.8 Å². The zero-order chi connectivity index (χ0) is 4.99. The Balaban J connectivity index is 0. The van der Waals surface area contributed by atoms with Crippen LogP contribution in [0.15, 0.2) is 0 Å². The zero-order valence-electron chi connectivity index (χ0n) is 5.28. The molecule has 0 spiro atoms. The third-order valence-electron chi connectivity index (χ3n) is 0.763. The summed E-state index contributed by atoms with van der Waals surface area (Å²) in [4.78, 5) is 2.03. The summed E-state index contributed by atoms with van der Waals surface area (Å²) in [6, 6.07) is 0. The van der Waals surface area contributed by atoms with Crippen LogP contribution in [0.2, 0.25) is 0 Å². The standard InChI is InChI=1S/C5H11N.K/c1-4-6(3)5-2;/h1-2,4-5H2,3H3;/q-2;+1. The molecule has 0 atom stereocenters. The van der Waals surface area contributed by atoms with Crippen molar-refractivity contribution in [2.24, 2.45) is 0 Å². The Morgan fingerprint density at radius 2 is 1.57 bits per heavy atom. The molecule has 0 saturated heterocycles. The number of nitrogens with zero attached hydrogens (tertiary/aromatic N) is 1. The Morgan fingerprint density at radius 1 is 1.29 bits per heavy atom. The average Bonchev–Trinajstić information content (AvgIpc) is 1.65. The summed E-state index contributed by atoms with van der Waals surface area (Å²) in [5, 5.41) is 0. The summed E-state index contributed by atoms with van der Waals surface area (Å²) < 4.78 is 0. The first kappa shape index (κ1) is 11.4. The van der Waals surface area contributed by atoms with Gasteiger partial charge in [0, 0.05) is 0 Å². The van der Waals surface area contributed by atoms with Crippen LogP contribution in [0.25, 0.3) is 0 Å². The van der Waals surface area contributed by atoms with E-state index in [4.69, 9.17) is 0 Å². The molecule has 0 bridgehead atoms. The molecule has 7 heavy (non-hydrogen) atoms. The van der Waals surface area contributed by atoms with Crippen molar-refractivity contribution in [1.82, 2.24) is 4.90 Å². The van der Waals surface area contributed by atoms with Crippen molar-refractivity contribution in [2.45, 2.75) is 0 Å². The molecular formula is C5H11KN-. The minimum absolute atomic E-state index is 0. The molecule has 0 saturated carbocycles. The SMILES string of the molecule is [CH2-]CN(C)C[CH2-].[K+]. The molecule has 0 aromatic carbocycles. The second kappa shape index (κ2) is 7.60. The first-order chi connectivity index (χ1) is 2.81. The summed E-state index contributed by atoms with van der Waals surface area (Å²) >= 11 is 0. The maximum absolute atomic E-state index is 3.64. The summed E-state index contributed by atoms with van der Waals surface area (Å²) in [5.74, 6) is 0. The minimum Gasteiger partial charge on any atom is -0.365 e. The van der Waals surface area contributed by atoms with Gasteiger partial charge >= 0.3 is 51.4 Å². The predicted octanol–water partition coefficient (Wildman–Crippen LogP) is -2.41. The van der Waals surface area contributed by atoms with Gasteiger partial charge in [0.05, 0.1) is 0 Å². The maximum atomic E-state index is 3.64. The number of rotatable bonds is 2.